The zero-order valence-corrected chi connectivity index (χ0v) is 7.18. The van der Waals surface area contributed by atoms with Gasteiger partial charge in [-0.05, 0) is 32.4 Å². The molecule has 0 radical (unpaired) electrons. The number of hydrogen-bond donors (Lipinski definition) is 3. The van der Waals surface area contributed by atoms with Crippen molar-refractivity contribution in [3.05, 3.63) is 0 Å². The van der Waals surface area contributed by atoms with Crippen LogP contribution < -0.4 is 11.1 Å². The van der Waals surface area contributed by atoms with E-state index in [1.54, 1.807) is 0 Å². The van der Waals surface area contributed by atoms with Crippen molar-refractivity contribution in [1.29, 1.82) is 0 Å². The van der Waals surface area contributed by atoms with E-state index in [1.807, 2.05) is 0 Å². The summed E-state index contributed by atoms with van der Waals surface area (Å²) in [6.45, 7) is 1.69. The number of aliphatic hydroxyl groups excluding tert-OH is 1. The van der Waals surface area contributed by atoms with E-state index in [-0.39, 0.29) is 12.5 Å². The van der Waals surface area contributed by atoms with Gasteiger partial charge in [0, 0.05) is 6.61 Å². The molecule has 4 heteroatoms. The molecule has 1 aliphatic heterocycles. The lowest BCUT2D eigenvalue weighted by Gasteiger charge is -2.34. The Morgan fingerprint density at radius 1 is 1.50 bits per heavy atom. The number of nitrogens with two attached hydrogens (primary N) is 1. The van der Waals surface area contributed by atoms with Gasteiger partial charge in [0.2, 0.25) is 5.91 Å². The summed E-state index contributed by atoms with van der Waals surface area (Å²) in [6, 6.07) is 0. The van der Waals surface area contributed by atoms with E-state index in [0.29, 0.717) is 6.42 Å². The quantitative estimate of drug-likeness (QED) is 0.523. The van der Waals surface area contributed by atoms with E-state index in [9.17, 15) is 4.79 Å². The molecule has 0 spiro atoms. The van der Waals surface area contributed by atoms with Crippen LogP contribution >= 0.6 is 0 Å². The van der Waals surface area contributed by atoms with E-state index >= 15 is 0 Å². The second-order valence-electron chi connectivity index (χ2n) is 3.37. The minimum absolute atomic E-state index is 0.0446. The van der Waals surface area contributed by atoms with Crippen LogP contribution in [0.3, 0.4) is 0 Å². The molecule has 1 aliphatic rings. The Hall–Kier alpha value is -0.610. The van der Waals surface area contributed by atoms with Gasteiger partial charge in [-0.1, -0.05) is 0 Å². The lowest BCUT2D eigenvalue weighted by Crippen LogP contribution is -2.46. The Kier molecular flexibility index (Phi) is 3.05. The molecule has 0 unspecified atom stereocenters. The summed E-state index contributed by atoms with van der Waals surface area (Å²) >= 11 is 0. The van der Waals surface area contributed by atoms with Crippen LogP contribution in [0.25, 0.3) is 0 Å². The Balaban J connectivity index is 2.63. The van der Waals surface area contributed by atoms with Gasteiger partial charge >= 0.3 is 0 Å². The number of nitrogens with one attached hydrogen (secondary N) is 1. The van der Waals surface area contributed by atoms with Crippen molar-refractivity contribution in [3.63, 3.8) is 0 Å². The van der Waals surface area contributed by atoms with E-state index in [2.05, 4.69) is 5.32 Å². The molecule has 0 aliphatic carbocycles. The number of hydrogen-bond acceptors (Lipinski definition) is 3. The maximum atomic E-state index is 11.1. The van der Waals surface area contributed by atoms with Gasteiger partial charge in [-0.15, -0.1) is 0 Å². The fourth-order valence-corrected chi connectivity index (χ4v) is 1.74. The van der Waals surface area contributed by atoms with E-state index < -0.39 is 5.41 Å². The van der Waals surface area contributed by atoms with Crippen LogP contribution in [0.1, 0.15) is 19.3 Å². The van der Waals surface area contributed by atoms with Crippen molar-refractivity contribution in [2.45, 2.75) is 19.3 Å². The molecule has 1 rings (SSSR count). The number of rotatable bonds is 3. The molecular weight excluding hydrogens is 156 g/mol. The molecule has 0 aromatic rings. The minimum Gasteiger partial charge on any atom is -0.396 e. The fourth-order valence-electron chi connectivity index (χ4n) is 1.74. The Bertz CT molecular complexity index is 159. The number of primary amides is 1. The second-order valence-corrected chi connectivity index (χ2v) is 3.37. The van der Waals surface area contributed by atoms with Crippen molar-refractivity contribution < 1.29 is 9.90 Å². The molecule has 1 saturated heterocycles. The lowest BCUT2D eigenvalue weighted by molar-refractivity contribution is -0.130. The summed E-state index contributed by atoms with van der Waals surface area (Å²) < 4.78 is 0. The van der Waals surface area contributed by atoms with Crippen molar-refractivity contribution in [2.24, 2.45) is 11.1 Å². The van der Waals surface area contributed by atoms with Crippen molar-refractivity contribution in [1.82, 2.24) is 5.32 Å². The lowest BCUT2D eigenvalue weighted by atomic mass is 9.76. The van der Waals surface area contributed by atoms with Gasteiger partial charge in [0.1, 0.15) is 0 Å². The first kappa shape index (κ1) is 9.48. The summed E-state index contributed by atoms with van der Waals surface area (Å²) in [4.78, 5) is 11.1. The van der Waals surface area contributed by atoms with E-state index in [0.717, 1.165) is 25.9 Å². The third-order valence-electron chi connectivity index (χ3n) is 2.67. The molecule has 0 aromatic carbocycles. The largest absolute Gasteiger partial charge is 0.396 e. The molecule has 0 saturated carbocycles. The normalized spacial score (nSPS) is 22.1. The van der Waals surface area contributed by atoms with Crippen molar-refractivity contribution >= 4 is 5.91 Å². The molecule has 70 valence electrons. The number of carbonyl (C=O) groups excluding carboxylic acids is 1. The molecule has 0 aromatic heterocycles. The molecule has 0 bridgehead atoms. The first-order valence-corrected chi connectivity index (χ1v) is 4.33. The standard InChI is InChI=1S/C8H16N2O2/c9-7(12)8(3-6-11)1-4-10-5-2-8/h10-11H,1-6H2,(H2,9,12). The zero-order valence-electron chi connectivity index (χ0n) is 7.18. The molecule has 1 heterocycles. The first-order chi connectivity index (χ1) is 5.71. The SMILES string of the molecule is NC(=O)C1(CCO)CCNCC1. The van der Waals surface area contributed by atoms with Crippen molar-refractivity contribution in [3.8, 4) is 0 Å². The predicted molar refractivity (Wildman–Crippen MR) is 45.4 cm³/mol. The van der Waals surface area contributed by atoms with Crippen LogP contribution in [-0.4, -0.2) is 30.7 Å². The van der Waals surface area contributed by atoms with Crippen LogP contribution in [0.2, 0.25) is 0 Å². The average molecular weight is 172 g/mol. The first-order valence-electron chi connectivity index (χ1n) is 4.33. The van der Waals surface area contributed by atoms with E-state index in [1.165, 1.54) is 0 Å². The summed E-state index contributed by atoms with van der Waals surface area (Å²) in [5.74, 6) is -0.266. The number of aliphatic hydroxyl groups is 1. The molecule has 4 N–H and O–H groups in total. The molecule has 1 fully saturated rings. The van der Waals surface area contributed by atoms with Gasteiger partial charge in [-0.25, -0.2) is 0 Å². The highest BCUT2D eigenvalue weighted by Crippen LogP contribution is 2.31. The summed E-state index contributed by atoms with van der Waals surface area (Å²) in [7, 11) is 0. The summed E-state index contributed by atoms with van der Waals surface area (Å²) in [5.41, 5.74) is 4.87. The predicted octanol–water partition coefficient (Wildman–Crippen LogP) is -0.776. The Labute approximate surface area is 72.1 Å². The van der Waals surface area contributed by atoms with Crippen LogP contribution in [-0.2, 0) is 4.79 Å². The monoisotopic (exact) mass is 172 g/mol. The fraction of sp³-hybridized carbons (Fsp3) is 0.875. The minimum atomic E-state index is -0.444. The van der Waals surface area contributed by atoms with Crippen LogP contribution in [0.5, 0.6) is 0 Å². The molecular formula is C8H16N2O2. The van der Waals surface area contributed by atoms with Crippen LogP contribution in [0, 0.1) is 5.41 Å². The van der Waals surface area contributed by atoms with Gasteiger partial charge in [-0.2, -0.15) is 0 Å². The third-order valence-corrected chi connectivity index (χ3v) is 2.67. The van der Waals surface area contributed by atoms with Gasteiger partial charge in [0.05, 0.1) is 5.41 Å². The molecule has 1 amide bonds. The highest BCUT2D eigenvalue weighted by Gasteiger charge is 2.36. The van der Waals surface area contributed by atoms with Crippen LogP contribution in [0.4, 0.5) is 0 Å². The van der Waals surface area contributed by atoms with Crippen LogP contribution in [0.15, 0.2) is 0 Å². The molecule has 0 atom stereocenters. The van der Waals surface area contributed by atoms with Gasteiger partial charge in [-0.3, -0.25) is 4.79 Å². The summed E-state index contributed by atoms with van der Waals surface area (Å²) in [5, 5.41) is 12.0. The van der Waals surface area contributed by atoms with Gasteiger partial charge < -0.3 is 16.2 Å². The van der Waals surface area contributed by atoms with Gasteiger partial charge in [0.25, 0.3) is 0 Å². The topological polar surface area (TPSA) is 75.4 Å². The molecule has 4 nitrogen and oxygen atoms in total. The Morgan fingerprint density at radius 3 is 2.50 bits per heavy atom. The third kappa shape index (κ3) is 1.76. The van der Waals surface area contributed by atoms with Crippen molar-refractivity contribution in [2.75, 3.05) is 19.7 Å². The number of amides is 1. The number of carbonyl (C=O) groups is 1. The molecule has 12 heavy (non-hydrogen) atoms. The summed E-state index contributed by atoms with van der Waals surface area (Å²) in [6.07, 6.45) is 2.01. The van der Waals surface area contributed by atoms with Gasteiger partial charge in [0.15, 0.2) is 0 Å². The number of piperidine rings is 1. The second kappa shape index (κ2) is 3.87. The zero-order chi connectivity index (χ0) is 9.03. The Morgan fingerprint density at radius 2 is 2.08 bits per heavy atom. The maximum Gasteiger partial charge on any atom is 0.223 e. The van der Waals surface area contributed by atoms with E-state index in [4.69, 9.17) is 10.8 Å². The average Bonchev–Trinajstić information content (AvgIpc) is 2.06. The highest BCUT2D eigenvalue weighted by atomic mass is 16.3. The smallest absolute Gasteiger partial charge is 0.223 e. The maximum absolute atomic E-state index is 11.1. The highest BCUT2D eigenvalue weighted by molar-refractivity contribution is 5.80.